The van der Waals surface area contributed by atoms with E-state index in [0.29, 0.717) is 28.0 Å². The first-order valence-electron chi connectivity index (χ1n) is 11.2. The quantitative estimate of drug-likeness (QED) is 0.353. The minimum atomic E-state index is -0.451. The molecule has 3 aromatic carbocycles. The van der Waals surface area contributed by atoms with Gasteiger partial charge in [0, 0.05) is 17.0 Å². The zero-order valence-corrected chi connectivity index (χ0v) is 20.1. The number of hydrogen-bond acceptors (Lipinski definition) is 4. The average molecular weight is 505 g/mol. The number of amides is 1. The number of rotatable bonds is 7. The Morgan fingerprint density at radius 2 is 1.89 bits per heavy atom. The number of nitrogens with zero attached hydrogens (tertiary/aromatic N) is 3. The molecule has 0 aliphatic heterocycles. The Balaban J connectivity index is 1.51. The Labute approximate surface area is 210 Å². The second kappa shape index (κ2) is 9.83. The number of benzene rings is 3. The van der Waals surface area contributed by atoms with Crippen molar-refractivity contribution in [3.8, 4) is 5.75 Å². The molecule has 0 fully saturated rings. The molecule has 1 N–H and O–H groups in total. The summed E-state index contributed by atoms with van der Waals surface area (Å²) in [6.45, 7) is 0.388. The van der Waals surface area contributed by atoms with Gasteiger partial charge >= 0.3 is 0 Å². The van der Waals surface area contributed by atoms with Gasteiger partial charge in [0.05, 0.1) is 25.5 Å². The minimum Gasteiger partial charge on any atom is -0.497 e. The normalized spacial score (nSPS) is 11.2. The number of ether oxygens (including phenoxy) is 1. The molecular formula is C27H22ClFN4O3. The molecule has 0 radical (unpaired) electrons. The zero-order chi connectivity index (χ0) is 25.2. The van der Waals surface area contributed by atoms with E-state index in [4.69, 9.17) is 16.3 Å². The van der Waals surface area contributed by atoms with Gasteiger partial charge < -0.3 is 14.6 Å². The van der Waals surface area contributed by atoms with Gasteiger partial charge in [-0.1, -0.05) is 41.9 Å². The number of halogens is 2. The lowest BCUT2D eigenvalue weighted by atomic mass is 10.2. The fourth-order valence-electron chi connectivity index (χ4n) is 4.20. The summed E-state index contributed by atoms with van der Waals surface area (Å²) >= 11 is 6.29. The number of carbonyl (C=O) groups is 1. The van der Waals surface area contributed by atoms with Crippen molar-refractivity contribution in [3.63, 3.8) is 0 Å². The lowest BCUT2D eigenvalue weighted by molar-refractivity contribution is -0.121. The highest BCUT2D eigenvalue weighted by atomic mass is 35.5. The van der Waals surface area contributed by atoms with E-state index >= 15 is 0 Å². The smallest absolute Gasteiger partial charge is 0.278 e. The first-order chi connectivity index (χ1) is 17.4. The number of hydrogen-bond donors (Lipinski definition) is 1. The number of methoxy groups -OCH3 is 1. The second-order valence-electron chi connectivity index (χ2n) is 8.34. The summed E-state index contributed by atoms with van der Waals surface area (Å²) in [6, 6.07) is 18.8. The molecule has 2 heterocycles. The monoisotopic (exact) mass is 504 g/mol. The van der Waals surface area contributed by atoms with Crippen LogP contribution in [0.25, 0.3) is 21.9 Å². The first-order valence-corrected chi connectivity index (χ1v) is 11.6. The third-order valence-electron chi connectivity index (χ3n) is 6.04. The number of nitrogens with one attached hydrogen (secondary N) is 1. The molecule has 0 atom stereocenters. The third-order valence-corrected chi connectivity index (χ3v) is 6.41. The summed E-state index contributed by atoms with van der Waals surface area (Å²) in [6.07, 6.45) is 1.42. The second-order valence-corrected chi connectivity index (χ2v) is 8.75. The first kappa shape index (κ1) is 23.6. The molecule has 7 nitrogen and oxygen atoms in total. The predicted octanol–water partition coefficient (Wildman–Crippen LogP) is 4.52. The minimum absolute atomic E-state index is 0.130. The van der Waals surface area contributed by atoms with Crippen molar-refractivity contribution < 1.29 is 13.9 Å². The van der Waals surface area contributed by atoms with Crippen molar-refractivity contribution in [2.24, 2.45) is 0 Å². The van der Waals surface area contributed by atoms with Crippen molar-refractivity contribution in [2.45, 2.75) is 19.6 Å². The van der Waals surface area contributed by atoms with E-state index in [2.05, 4.69) is 10.3 Å². The maximum absolute atomic E-state index is 14.1. The molecule has 5 aromatic rings. The molecule has 5 rings (SSSR count). The van der Waals surface area contributed by atoms with Crippen LogP contribution in [0.4, 0.5) is 4.39 Å². The fraction of sp³-hybridized carbons (Fsp3) is 0.148. The Morgan fingerprint density at radius 3 is 2.64 bits per heavy atom. The Morgan fingerprint density at radius 1 is 1.11 bits per heavy atom. The van der Waals surface area contributed by atoms with E-state index in [0.717, 1.165) is 16.9 Å². The van der Waals surface area contributed by atoms with Crippen molar-refractivity contribution in [3.05, 3.63) is 105 Å². The number of fused-ring (bicyclic) bond motifs is 3. The van der Waals surface area contributed by atoms with Crippen LogP contribution in [-0.2, 0) is 24.4 Å². The summed E-state index contributed by atoms with van der Waals surface area (Å²) in [7, 11) is 1.59. The topological polar surface area (TPSA) is 78.2 Å². The molecule has 2 aromatic heterocycles. The van der Waals surface area contributed by atoms with Crippen LogP contribution in [0.5, 0.6) is 5.75 Å². The van der Waals surface area contributed by atoms with Crippen molar-refractivity contribution in [1.82, 2.24) is 19.4 Å². The Kier molecular flexibility index (Phi) is 6.43. The molecule has 0 aliphatic carbocycles. The van der Waals surface area contributed by atoms with Gasteiger partial charge in [-0.25, -0.2) is 9.37 Å². The summed E-state index contributed by atoms with van der Waals surface area (Å²) in [5.41, 5.74) is 2.42. The van der Waals surface area contributed by atoms with Gasteiger partial charge in [-0.15, -0.1) is 0 Å². The van der Waals surface area contributed by atoms with E-state index in [1.54, 1.807) is 23.8 Å². The molecular weight excluding hydrogens is 483 g/mol. The number of aromatic nitrogens is 3. The van der Waals surface area contributed by atoms with Crippen LogP contribution < -0.4 is 15.6 Å². The molecule has 36 heavy (non-hydrogen) atoms. The highest BCUT2D eigenvalue weighted by molar-refractivity contribution is 6.31. The van der Waals surface area contributed by atoms with Gasteiger partial charge in [0.1, 0.15) is 29.1 Å². The summed E-state index contributed by atoms with van der Waals surface area (Å²) < 4.78 is 22.3. The van der Waals surface area contributed by atoms with Crippen LogP contribution in [0, 0.1) is 5.82 Å². The van der Waals surface area contributed by atoms with Crippen LogP contribution in [0.1, 0.15) is 11.1 Å². The van der Waals surface area contributed by atoms with Gasteiger partial charge in [-0.3, -0.25) is 14.2 Å². The lowest BCUT2D eigenvalue weighted by Gasteiger charge is -2.11. The van der Waals surface area contributed by atoms with E-state index in [1.807, 2.05) is 42.5 Å². The maximum Gasteiger partial charge on any atom is 0.278 e. The molecule has 9 heteroatoms. The van der Waals surface area contributed by atoms with E-state index in [-0.39, 0.29) is 30.1 Å². The van der Waals surface area contributed by atoms with Gasteiger partial charge in [0.2, 0.25) is 5.91 Å². The average Bonchev–Trinajstić information content (AvgIpc) is 3.19. The molecule has 0 aliphatic rings. The van der Waals surface area contributed by atoms with Crippen molar-refractivity contribution in [1.29, 1.82) is 0 Å². The Hall–Kier alpha value is -4.17. The molecule has 0 saturated carbocycles. The molecule has 0 spiro atoms. The summed E-state index contributed by atoms with van der Waals surface area (Å²) in [5, 5.41) is 3.88. The van der Waals surface area contributed by atoms with Gasteiger partial charge in [-0.05, 0) is 47.5 Å². The van der Waals surface area contributed by atoms with Crippen LogP contribution >= 0.6 is 11.6 Å². The molecule has 0 saturated heterocycles. The lowest BCUT2D eigenvalue weighted by Crippen LogP contribution is -2.29. The predicted molar refractivity (Wildman–Crippen MR) is 137 cm³/mol. The third kappa shape index (κ3) is 4.55. The summed E-state index contributed by atoms with van der Waals surface area (Å²) in [5.74, 6) is -0.0226. The van der Waals surface area contributed by atoms with E-state index in [1.165, 1.54) is 23.0 Å². The highest BCUT2D eigenvalue weighted by Gasteiger charge is 2.19. The largest absolute Gasteiger partial charge is 0.497 e. The Bertz CT molecular complexity index is 1640. The van der Waals surface area contributed by atoms with Crippen molar-refractivity contribution >= 4 is 39.4 Å². The zero-order valence-electron chi connectivity index (χ0n) is 19.4. The number of carbonyl (C=O) groups excluding carboxylic acids is 1. The van der Waals surface area contributed by atoms with Crippen LogP contribution in [-0.4, -0.2) is 27.1 Å². The highest BCUT2D eigenvalue weighted by Crippen LogP contribution is 2.26. The molecule has 0 unspecified atom stereocenters. The van der Waals surface area contributed by atoms with E-state index in [9.17, 15) is 14.0 Å². The molecule has 1 amide bonds. The standard InChI is InChI=1S/C27H22ClFN4O3/c1-36-20-9-6-17(7-10-20)13-30-24(34)15-33-23-11-8-19(29)12-21(23)25-26(33)27(35)32(16-31-25)14-18-4-2-3-5-22(18)28/h2-12,16H,13-15H2,1H3,(H,30,34). The summed E-state index contributed by atoms with van der Waals surface area (Å²) in [4.78, 5) is 30.9. The van der Waals surface area contributed by atoms with Crippen LogP contribution in [0.2, 0.25) is 5.02 Å². The fourth-order valence-corrected chi connectivity index (χ4v) is 4.40. The SMILES string of the molecule is COc1ccc(CNC(=O)Cn2c3ccc(F)cc3c3ncn(Cc4ccccc4Cl)c(=O)c32)cc1. The van der Waals surface area contributed by atoms with Crippen LogP contribution in [0.3, 0.4) is 0 Å². The van der Waals surface area contributed by atoms with Crippen LogP contribution in [0.15, 0.2) is 77.9 Å². The molecule has 0 bridgehead atoms. The van der Waals surface area contributed by atoms with E-state index < -0.39 is 5.82 Å². The van der Waals surface area contributed by atoms with Gasteiger partial charge in [-0.2, -0.15) is 0 Å². The van der Waals surface area contributed by atoms with Crippen molar-refractivity contribution in [2.75, 3.05) is 7.11 Å². The van der Waals surface area contributed by atoms with Gasteiger partial charge in [0.15, 0.2) is 0 Å². The van der Waals surface area contributed by atoms with Gasteiger partial charge in [0.25, 0.3) is 5.56 Å². The maximum atomic E-state index is 14.1. The molecule has 182 valence electrons.